The van der Waals surface area contributed by atoms with Gasteiger partial charge in [-0.1, -0.05) is 18.2 Å². The largest absolute Gasteiger partial charge is 0.456 e. The van der Waals surface area contributed by atoms with E-state index in [4.69, 9.17) is 4.42 Å². The smallest absolute Gasteiger partial charge is 0.267 e. The molecule has 3 heterocycles. The molecule has 3 aromatic rings. The Hall–Kier alpha value is -2.45. The first-order valence-electron chi connectivity index (χ1n) is 9.38. The van der Waals surface area contributed by atoms with E-state index < -0.39 is 10.1 Å². The molecule has 4 rings (SSSR count). The number of aromatic nitrogens is 2. The van der Waals surface area contributed by atoms with Crippen molar-refractivity contribution in [3.8, 4) is 11.3 Å². The van der Waals surface area contributed by atoms with Crippen LogP contribution in [-0.2, 0) is 14.3 Å². The van der Waals surface area contributed by atoms with E-state index in [1.807, 2.05) is 30.3 Å². The van der Waals surface area contributed by atoms with Crippen molar-refractivity contribution in [2.75, 3.05) is 30.9 Å². The highest BCUT2D eigenvalue weighted by molar-refractivity contribution is 7.86. The standard InChI is InChI=1S/C20H23N3O4S/c1-26-28(24,25)11-8-15-6-9-23(10-7-15)20-21-13-17(14-22-20)19-12-16-4-2-3-5-18(16)27-19/h2-5,12-15H,6-11H2,1H3. The number of piperidine rings is 1. The third kappa shape index (κ3) is 4.18. The summed E-state index contributed by atoms with van der Waals surface area (Å²) in [7, 11) is -2.16. The summed E-state index contributed by atoms with van der Waals surface area (Å²) in [5, 5.41) is 1.05. The molecule has 1 aliphatic rings. The van der Waals surface area contributed by atoms with Gasteiger partial charge in [0.15, 0.2) is 0 Å². The van der Waals surface area contributed by atoms with E-state index in [2.05, 4.69) is 19.1 Å². The lowest BCUT2D eigenvalue weighted by Crippen LogP contribution is -2.35. The van der Waals surface area contributed by atoms with E-state index in [-0.39, 0.29) is 5.75 Å². The lowest BCUT2D eigenvalue weighted by atomic mass is 9.94. The maximum Gasteiger partial charge on any atom is 0.267 e. The van der Waals surface area contributed by atoms with Crippen LogP contribution in [0, 0.1) is 5.92 Å². The molecule has 2 aromatic heterocycles. The maximum absolute atomic E-state index is 11.5. The normalized spacial score (nSPS) is 16.0. The molecule has 8 heteroatoms. The fourth-order valence-electron chi connectivity index (χ4n) is 3.55. The van der Waals surface area contributed by atoms with Crippen LogP contribution in [0.3, 0.4) is 0 Å². The van der Waals surface area contributed by atoms with Gasteiger partial charge in [0.1, 0.15) is 11.3 Å². The van der Waals surface area contributed by atoms with Crippen LogP contribution < -0.4 is 4.90 Å². The predicted octanol–water partition coefficient (Wildman–Crippen LogP) is 3.47. The minimum absolute atomic E-state index is 0.0802. The molecule has 0 saturated carbocycles. The number of benzene rings is 1. The van der Waals surface area contributed by atoms with Gasteiger partial charge in [-0.05, 0) is 37.3 Å². The number of anilines is 1. The average Bonchev–Trinajstić information content (AvgIpc) is 3.17. The van der Waals surface area contributed by atoms with E-state index in [1.165, 1.54) is 7.11 Å². The molecule has 28 heavy (non-hydrogen) atoms. The zero-order chi connectivity index (χ0) is 19.6. The summed E-state index contributed by atoms with van der Waals surface area (Å²) in [5.41, 5.74) is 1.69. The molecule has 148 valence electrons. The highest BCUT2D eigenvalue weighted by atomic mass is 32.2. The highest BCUT2D eigenvalue weighted by Gasteiger charge is 2.23. The molecule has 0 unspecified atom stereocenters. The average molecular weight is 401 g/mol. The second kappa shape index (κ2) is 7.89. The Bertz CT molecular complexity index is 1010. The van der Waals surface area contributed by atoms with Gasteiger partial charge in [0.05, 0.1) is 18.4 Å². The molecular weight excluding hydrogens is 378 g/mol. The van der Waals surface area contributed by atoms with Gasteiger partial charge in [-0.25, -0.2) is 9.97 Å². The van der Waals surface area contributed by atoms with Gasteiger partial charge < -0.3 is 9.32 Å². The lowest BCUT2D eigenvalue weighted by molar-refractivity contribution is 0.369. The molecule has 1 fully saturated rings. The monoisotopic (exact) mass is 401 g/mol. The van der Waals surface area contributed by atoms with E-state index in [9.17, 15) is 8.42 Å². The summed E-state index contributed by atoms with van der Waals surface area (Å²) in [4.78, 5) is 11.2. The molecule has 0 atom stereocenters. The van der Waals surface area contributed by atoms with Gasteiger partial charge in [-0.2, -0.15) is 8.42 Å². The summed E-state index contributed by atoms with van der Waals surface area (Å²) >= 11 is 0. The van der Waals surface area contributed by atoms with Gasteiger partial charge in [-0.3, -0.25) is 4.18 Å². The molecule has 1 aromatic carbocycles. The molecule has 1 aliphatic heterocycles. The molecular formula is C20H23N3O4S. The Kier molecular flexibility index (Phi) is 5.32. The summed E-state index contributed by atoms with van der Waals surface area (Å²) < 4.78 is 33.3. The second-order valence-corrected chi connectivity index (χ2v) is 8.92. The minimum atomic E-state index is -3.37. The minimum Gasteiger partial charge on any atom is -0.456 e. The van der Waals surface area contributed by atoms with Crippen molar-refractivity contribution in [1.29, 1.82) is 0 Å². The van der Waals surface area contributed by atoms with Crippen molar-refractivity contribution in [3.63, 3.8) is 0 Å². The zero-order valence-electron chi connectivity index (χ0n) is 15.7. The quantitative estimate of drug-likeness (QED) is 0.585. The van der Waals surface area contributed by atoms with Gasteiger partial charge in [0.2, 0.25) is 5.95 Å². The van der Waals surface area contributed by atoms with E-state index >= 15 is 0 Å². The van der Waals surface area contributed by atoms with Gasteiger partial charge in [0, 0.05) is 30.9 Å². The van der Waals surface area contributed by atoms with Gasteiger partial charge >= 0.3 is 0 Å². The van der Waals surface area contributed by atoms with E-state index in [0.29, 0.717) is 18.3 Å². The molecule has 0 amide bonds. The van der Waals surface area contributed by atoms with Crippen LogP contribution >= 0.6 is 0 Å². The second-order valence-electron chi connectivity index (χ2n) is 7.07. The number of para-hydroxylation sites is 1. The summed E-state index contributed by atoms with van der Waals surface area (Å²) in [5.74, 6) is 1.92. The summed E-state index contributed by atoms with van der Waals surface area (Å²) in [6, 6.07) is 9.88. The van der Waals surface area contributed by atoms with Crippen LogP contribution in [0.15, 0.2) is 47.1 Å². The first-order chi connectivity index (χ1) is 13.5. The maximum atomic E-state index is 11.5. The molecule has 7 nitrogen and oxygen atoms in total. The zero-order valence-corrected chi connectivity index (χ0v) is 16.6. The van der Waals surface area contributed by atoms with Crippen molar-refractivity contribution in [2.45, 2.75) is 19.3 Å². The molecule has 0 bridgehead atoms. The Morgan fingerprint density at radius 1 is 1.18 bits per heavy atom. The van der Waals surface area contributed by atoms with Crippen molar-refractivity contribution in [3.05, 3.63) is 42.7 Å². The third-order valence-corrected chi connectivity index (χ3v) is 6.52. The Balaban J connectivity index is 1.37. The first kappa shape index (κ1) is 18.9. The Morgan fingerprint density at radius 3 is 2.57 bits per heavy atom. The first-order valence-corrected chi connectivity index (χ1v) is 11.0. The van der Waals surface area contributed by atoms with Crippen molar-refractivity contribution >= 4 is 27.0 Å². The number of hydrogen-bond acceptors (Lipinski definition) is 7. The van der Waals surface area contributed by atoms with Crippen LogP contribution in [0.5, 0.6) is 0 Å². The van der Waals surface area contributed by atoms with Crippen molar-refractivity contribution < 1.29 is 17.0 Å². The topological polar surface area (TPSA) is 85.5 Å². The number of nitrogens with zero attached hydrogens (tertiary/aromatic N) is 3. The van der Waals surface area contributed by atoms with Crippen molar-refractivity contribution in [1.82, 2.24) is 9.97 Å². The van der Waals surface area contributed by atoms with Crippen LogP contribution in [0.4, 0.5) is 5.95 Å². The lowest BCUT2D eigenvalue weighted by Gasteiger charge is -2.31. The SMILES string of the molecule is COS(=O)(=O)CCC1CCN(c2ncc(-c3cc4ccccc4o3)cn2)CC1. The summed E-state index contributed by atoms with van der Waals surface area (Å²) in [6.45, 7) is 1.64. The van der Waals surface area contributed by atoms with Crippen molar-refractivity contribution in [2.24, 2.45) is 5.92 Å². The van der Waals surface area contributed by atoms with E-state index in [0.717, 1.165) is 48.2 Å². The molecule has 1 saturated heterocycles. The summed E-state index contributed by atoms with van der Waals surface area (Å²) in [6.07, 6.45) is 6.06. The van der Waals surface area contributed by atoms with Crippen LogP contribution in [0.1, 0.15) is 19.3 Å². The van der Waals surface area contributed by atoms with Crippen LogP contribution in [0.25, 0.3) is 22.3 Å². The van der Waals surface area contributed by atoms with Crippen LogP contribution in [0.2, 0.25) is 0 Å². The molecule has 0 N–H and O–H groups in total. The fraction of sp³-hybridized carbons (Fsp3) is 0.400. The Labute approximate surface area is 164 Å². The van der Waals surface area contributed by atoms with Crippen LogP contribution in [-0.4, -0.2) is 44.3 Å². The number of rotatable bonds is 6. The van der Waals surface area contributed by atoms with Gasteiger partial charge in [-0.15, -0.1) is 0 Å². The number of furan rings is 1. The fourth-order valence-corrected chi connectivity index (χ4v) is 4.34. The third-order valence-electron chi connectivity index (χ3n) is 5.28. The molecule has 0 radical (unpaired) electrons. The Morgan fingerprint density at radius 2 is 1.89 bits per heavy atom. The number of fused-ring (bicyclic) bond motifs is 1. The molecule has 0 aliphatic carbocycles. The molecule has 0 spiro atoms. The van der Waals surface area contributed by atoms with Gasteiger partial charge in [0.25, 0.3) is 10.1 Å². The highest BCUT2D eigenvalue weighted by Crippen LogP contribution is 2.28. The number of hydrogen-bond donors (Lipinski definition) is 0. The van der Waals surface area contributed by atoms with E-state index in [1.54, 1.807) is 12.4 Å². The predicted molar refractivity (Wildman–Crippen MR) is 108 cm³/mol.